The van der Waals surface area contributed by atoms with Gasteiger partial charge in [0.25, 0.3) is 0 Å². The minimum absolute atomic E-state index is 0.118. The SMILES string of the molecule is CC(=O)N1CCC(CC(=O)N2CCCC2c2nc(CCOCc3ccccc3)no2)CC1. The van der Waals surface area contributed by atoms with Crippen molar-refractivity contribution in [3.8, 4) is 0 Å². The van der Waals surface area contributed by atoms with Gasteiger partial charge < -0.3 is 19.1 Å². The Balaban J connectivity index is 1.25. The molecule has 1 aromatic heterocycles. The maximum atomic E-state index is 13.0. The first-order valence-corrected chi connectivity index (χ1v) is 11.6. The summed E-state index contributed by atoms with van der Waals surface area (Å²) < 4.78 is 11.2. The molecule has 1 unspecified atom stereocenters. The molecule has 0 bridgehead atoms. The molecule has 2 aromatic rings. The lowest BCUT2D eigenvalue weighted by atomic mass is 9.93. The zero-order chi connectivity index (χ0) is 22.3. The second-order valence-corrected chi connectivity index (χ2v) is 8.74. The Kier molecular flexibility index (Phi) is 7.52. The number of benzene rings is 1. The Labute approximate surface area is 188 Å². The Morgan fingerprint density at radius 3 is 2.66 bits per heavy atom. The van der Waals surface area contributed by atoms with Crippen LogP contribution < -0.4 is 0 Å². The molecule has 0 spiro atoms. The second kappa shape index (κ2) is 10.7. The molecule has 2 aliphatic heterocycles. The molecular weight excluding hydrogens is 408 g/mol. The van der Waals surface area contributed by atoms with Crippen molar-refractivity contribution in [2.45, 2.75) is 58.1 Å². The molecule has 1 atom stereocenters. The van der Waals surface area contributed by atoms with Gasteiger partial charge in [0.15, 0.2) is 5.82 Å². The zero-order valence-electron chi connectivity index (χ0n) is 18.7. The average Bonchev–Trinajstić information content (AvgIpc) is 3.47. The molecule has 2 aliphatic rings. The summed E-state index contributed by atoms with van der Waals surface area (Å²) in [6, 6.07) is 9.90. The number of likely N-dealkylation sites (tertiary alicyclic amines) is 2. The van der Waals surface area contributed by atoms with E-state index in [2.05, 4.69) is 10.1 Å². The fourth-order valence-corrected chi connectivity index (χ4v) is 4.57. The zero-order valence-corrected chi connectivity index (χ0v) is 18.7. The smallest absolute Gasteiger partial charge is 0.249 e. The van der Waals surface area contributed by atoms with E-state index in [4.69, 9.17) is 9.26 Å². The van der Waals surface area contributed by atoms with Crippen LogP contribution in [0.3, 0.4) is 0 Å². The number of rotatable bonds is 8. The summed E-state index contributed by atoms with van der Waals surface area (Å²) in [7, 11) is 0. The predicted molar refractivity (Wildman–Crippen MR) is 117 cm³/mol. The summed E-state index contributed by atoms with van der Waals surface area (Å²) >= 11 is 0. The van der Waals surface area contributed by atoms with E-state index in [-0.39, 0.29) is 17.9 Å². The van der Waals surface area contributed by atoms with Crippen LogP contribution in [0.2, 0.25) is 0 Å². The summed E-state index contributed by atoms with van der Waals surface area (Å²) in [5.74, 6) is 1.75. The lowest BCUT2D eigenvalue weighted by molar-refractivity contribution is -0.134. The Hall–Kier alpha value is -2.74. The van der Waals surface area contributed by atoms with Crippen molar-refractivity contribution < 1.29 is 18.8 Å². The van der Waals surface area contributed by atoms with Crippen LogP contribution in [0.5, 0.6) is 0 Å². The first-order valence-electron chi connectivity index (χ1n) is 11.6. The van der Waals surface area contributed by atoms with Crippen LogP contribution in [-0.4, -0.2) is 58.0 Å². The number of hydrogen-bond donors (Lipinski definition) is 0. The number of carbonyl (C=O) groups excluding carboxylic acids is 2. The molecule has 0 N–H and O–H groups in total. The third-order valence-corrected chi connectivity index (χ3v) is 6.45. The van der Waals surface area contributed by atoms with Gasteiger partial charge in [0.05, 0.1) is 13.2 Å². The molecule has 2 saturated heterocycles. The van der Waals surface area contributed by atoms with Crippen molar-refractivity contribution >= 4 is 11.8 Å². The minimum Gasteiger partial charge on any atom is -0.376 e. The maximum absolute atomic E-state index is 13.0. The number of amides is 2. The van der Waals surface area contributed by atoms with Crippen LogP contribution >= 0.6 is 0 Å². The number of piperidine rings is 1. The van der Waals surface area contributed by atoms with Crippen molar-refractivity contribution in [3.63, 3.8) is 0 Å². The number of ether oxygens (including phenoxy) is 1. The number of hydrogen-bond acceptors (Lipinski definition) is 6. The third-order valence-electron chi connectivity index (χ3n) is 6.45. The molecule has 0 aliphatic carbocycles. The minimum atomic E-state index is -0.133. The summed E-state index contributed by atoms with van der Waals surface area (Å²) in [4.78, 5) is 32.8. The van der Waals surface area contributed by atoms with Crippen molar-refractivity contribution in [1.82, 2.24) is 19.9 Å². The van der Waals surface area contributed by atoms with Crippen LogP contribution in [0.25, 0.3) is 0 Å². The second-order valence-electron chi connectivity index (χ2n) is 8.74. The molecule has 0 radical (unpaired) electrons. The molecule has 4 rings (SSSR count). The molecule has 8 heteroatoms. The maximum Gasteiger partial charge on any atom is 0.249 e. The quantitative estimate of drug-likeness (QED) is 0.586. The number of nitrogens with zero attached hydrogens (tertiary/aromatic N) is 4. The van der Waals surface area contributed by atoms with Gasteiger partial charge in [0.1, 0.15) is 6.04 Å². The monoisotopic (exact) mass is 440 g/mol. The van der Waals surface area contributed by atoms with E-state index >= 15 is 0 Å². The van der Waals surface area contributed by atoms with Gasteiger partial charge in [0, 0.05) is 39.4 Å². The van der Waals surface area contributed by atoms with Gasteiger partial charge in [-0.1, -0.05) is 35.5 Å². The first kappa shape index (κ1) is 22.5. The van der Waals surface area contributed by atoms with Crippen LogP contribution in [0.4, 0.5) is 0 Å². The molecule has 32 heavy (non-hydrogen) atoms. The van der Waals surface area contributed by atoms with Crippen LogP contribution in [0.1, 0.15) is 62.3 Å². The molecule has 2 fully saturated rings. The average molecular weight is 441 g/mol. The molecule has 1 aromatic carbocycles. The van der Waals surface area contributed by atoms with Crippen molar-refractivity contribution in [1.29, 1.82) is 0 Å². The van der Waals surface area contributed by atoms with E-state index in [1.807, 2.05) is 40.1 Å². The van der Waals surface area contributed by atoms with E-state index < -0.39 is 0 Å². The molecule has 2 amide bonds. The predicted octanol–water partition coefficient (Wildman–Crippen LogP) is 3.14. The highest BCUT2D eigenvalue weighted by molar-refractivity contribution is 5.77. The number of aromatic nitrogens is 2. The van der Waals surface area contributed by atoms with Gasteiger partial charge in [-0.05, 0) is 37.2 Å². The van der Waals surface area contributed by atoms with Crippen molar-refractivity contribution in [3.05, 3.63) is 47.6 Å². The van der Waals surface area contributed by atoms with E-state index in [1.54, 1.807) is 6.92 Å². The van der Waals surface area contributed by atoms with Gasteiger partial charge in [-0.15, -0.1) is 0 Å². The van der Waals surface area contributed by atoms with Crippen LogP contribution in [-0.2, 0) is 27.4 Å². The standard InChI is InChI=1S/C24H32N4O4/c1-18(29)27-13-9-19(10-14-27)16-23(30)28-12-5-8-21(28)24-25-22(26-32-24)11-15-31-17-20-6-3-2-4-7-20/h2-4,6-7,19,21H,5,8-17H2,1H3. The first-order chi connectivity index (χ1) is 15.6. The topological polar surface area (TPSA) is 88.8 Å². The van der Waals surface area contributed by atoms with Gasteiger partial charge >= 0.3 is 0 Å². The van der Waals surface area contributed by atoms with Gasteiger partial charge in [-0.2, -0.15) is 4.98 Å². The molecule has 8 nitrogen and oxygen atoms in total. The van der Waals surface area contributed by atoms with Gasteiger partial charge in [0.2, 0.25) is 17.7 Å². The summed E-state index contributed by atoms with van der Waals surface area (Å²) in [6.45, 7) is 4.90. The highest BCUT2D eigenvalue weighted by Gasteiger charge is 2.35. The van der Waals surface area contributed by atoms with E-state index in [0.29, 0.717) is 43.7 Å². The molecule has 0 saturated carbocycles. The summed E-state index contributed by atoms with van der Waals surface area (Å²) in [5.41, 5.74) is 1.13. The lowest BCUT2D eigenvalue weighted by Crippen LogP contribution is -2.39. The van der Waals surface area contributed by atoms with Crippen molar-refractivity contribution in [2.24, 2.45) is 5.92 Å². The largest absolute Gasteiger partial charge is 0.376 e. The van der Waals surface area contributed by atoms with Gasteiger partial charge in [-0.25, -0.2) is 0 Å². The fraction of sp³-hybridized carbons (Fsp3) is 0.583. The molecular formula is C24H32N4O4. The normalized spacial score (nSPS) is 19.5. The van der Waals surface area contributed by atoms with Crippen LogP contribution in [0, 0.1) is 5.92 Å². The van der Waals surface area contributed by atoms with E-state index in [0.717, 1.165) is 50.9 Å². The summed E-state index contributed by atoms with van der Waals surface area (Å²) in [5, 5.41) is 4.10. The highest BCUT2D eigenvalue weighted by Crippen LogP contribution is 2.33. The van der Waals surface area contributed by atoms with Crippen LogP contribution in [0.15, 0.2) is 34.9 Å². The lowest BCUT2D eigenvalue weighted by Gasteiger charge is -2.32. The van der Waals surface area contributed by atoms with E-state index in [1.165, 1.54) is 0 Å². The molecule has 3 heterocycles. The summed E-state index contributed by atoms with van der Waals surface area (Å²) in [6.07, 6.45) is 4.66. The Morgan fingerprint density at radius 1 is 1.12 bits per heavy atom. The molecule has 172 valence electrons. The highest BCUT2D eigenvalue weighted by atomic mass is 16.5. The number of carbonyl (C=O) groups is 2. The van der Waals surface area contributed by atoms with Crippen molar-refractivity contribution in [2.75, 3.05) is 26.2 Å². The fourth-order valence-electron chi connectivity index (χ4n) is 4.57. The van der Waals surface area contributed by atoms with Gasteiger partial charge in [-0.3, -0.25) is 9.59 Å². The Bertz CT molecular complexity index is 892. The van der Waals surface area contributed by atoms with E-state index in [9.17, 15) is 9.59 Å². The third kappa shape index (κ3) is 5.73. The Morgan fingerprint density at radius 2 is 1.91 bits per heavy atom.